The number of nitrogens with zero attached hydrogens (tertiary/aromatic N) is 3. The molecule has 0 saturated carbocycles. The summed E-state index contributed by atoms with van der Waals surface area (Å²) >= 11 is 3.03. The number of thioether (sulfide) groups is 1. The average molecular weight is 528 g/mol. The second-order valence-electron chi connectivity index (χ2n) is 8.72. The second kappa shape index (κ2) is 9.72. The van der Waals surface area contributed by atoms with Gasteiger partial charge in [-0.2, -0.15) is 0 Å². The van der Waals surface area contributed by atoms with E-state index in [2.05, 4.69) is 4.98 Å². The molecule has 9 nitrogen and oxygen atoms in total. The fraction of sp³-hybridized carbons (Fsp3) is 0.360. The number of ether oxygens (including phenoxy) is 2. The number of hydrogen-bond acceptors (Lipinski definition) is 9. The van der Waals surface area contributed by atoms with Gasteiger partial charge in [-0.25, -0.2) is 14.6 Å². The number of β-lactam (4-membered cyclic amide) rings is 1. The van der Waals surface area contributed by atoms with Crippen LogP contribution in [0.2, 0.25) is 0 Å². The van der Waals surface area contributed by atoms with Crippen molar-refractivity contribution in [3.05, 3.63) is 59.0 Å². The third kappa shape index (κ3) is 4.00. The molecular formula is C25H25N3O6S2. The van der Waals surface area contributed by atoms with Crippen molar-refractivity contribution in [3.8, 4) is 0 Å². The number of thiazole rings is 1. The third-order valence-corrected chi connectivity index (χ3v) is 8.52. The first kappa shape index (κ1) is 24.5. The van der Waals surface area contributed by atoms with Gasteiger partial charge in [0.05, 0.1) is 28.5 Å². The Bertz CT molecular complexity index is 1360. The van der Waals surface area contributed by atoms with Gasteiger partial charge in [-0.05, 0) is 25.3 Å². The first-order valence-electron chi connectivity index (χ1n) is 11.5. The summed E-state index contributed by atoms with van der Waals surface area (Å²) in [5, 5.41) is 11.1. The van der Waals surface area contributed by atoms with Crippen LogP contribution in [0.3, 0.4) is 0 Å². The predicted octanol–water partition coefficient (Wildman–Crippen LogP) is 3.09. The Hall–Kier alpha value is -3.15. The van der Waals surface area contributed by atoms with Crippen LogP contribution in [0.15, 0.2) is 53.6 Å². The number of amides is 1. The molecule has 3 aromatic rings. The zero-order valence-corrected chi connectivity index (χ0v) is 21.5. The molecule has 1 amide bonds. The van der Waals surface area contributed by atoms with E-state index in [1.165, 1.54) is 28.0 Å². The molecular weight excluding hydrogens is 502 g/mol. The van der Waals surface area contributed by atoms with Crippen molar-refractivity contribution in [1.82, 2.24) is 14.3 Å². The highest BCUT2D eigenvalue weighted by Crippen LogP contribution is 2.52. The molecule has 0 bridgehead atoms. The zero-order valence-electron chi connectivity index (χ0n) is 19.9. The first-order valence-corrected chi connectivity index (χ1v) is 13.5. The zero-order chi connectivity index (χ0) is 25.6. The SMILES string of the molecule is CSc1ncn2cc(C3=C(C(=O)OCCOC(=O)c4ccccc4)N4C(=O)[C@H]([C@@H](C)O)[C@H]4[C@H]3C)sc12. The minimum atomic E-state index is -0.832. The number of esters is 2. The van der Waals surface area contributed by atoms with Gasteiger partial charge in [-0.15, -0.1) is 23.1 Å². The van der Waals surface area contributed by atoms with E-state index in [1.54, 1.807) is 43.6 Å². The van der Waals surface area contributed by atoms with Gasteiger partial charge in [0.25, 0.3) is 0 Å². The number of aliphatic hydroxyl groups excluding tert-OH is 1. The van der Waals surface area contributed by atoms with Crippen LogP contribution in [0.25, 0.3) is 10.4 Å². The minimum Gasteiger partial charge on any atom is -0.458 e. The molecule has 2 aliphatic rings. The van der Waals surface area contributed by atoms with Crippen LogP contribution in [-0.2, 0) is 19.1 Å². The maximum absolute atomic E-state index is 13.3. The normalized spacial score (nSPS) is 21.9. The van der Waals surface area contributed by atoms with E-state index >= 15 is 0 Å². The van der Waals surface area contributed by atoms with Crippen LogP contribution in [0.1, 0.15) is 29.1 Å². The summed E-state index contributed by atoms with van der Waals surface area (Å²) in [6.45, 7) is 3.29. The lowest BCUT2D eigenvalue weighted by Gasteiger charge is -2.46. The van der Waals surface area contributed by atoms with Gasteiger partial charge >= 0.3 is 11.9 Å². The molecule has 11 heteroatoms. The van der Waals surface area contributed by atoms with Gasteiger partial charge in [0.15, 0.2) is 0 Å². The van der Waals surface area contributed by atoms with Crippen LogP contribution >= 0.6 is 23.1 Å². The molecule has 0 radical (unpaired) electrons. The molecule has 1 N–H and O–H groups in total. The molecule has 2 aromatic heterocycles. The van der Waals surface area contributed by atoms with E-state index in [1.807, 2.05) is 23.8 Å². The lowest BCUT2D eigenvalue weighted by Crippen LogP contribution is -2.63. The molecule has 1 fully saturated rings. The second-order valence-corrected chi connectivity index (χ2v) is 10.5. The van der Waals surface area contributed by atoms with Crippen molar-refractivity contribution in [3.63, 3.8) is 0 Å². The smallest absolute Gasteiger partial charge is 0.355 e. The average Bonchev–Trinajstić information content (AvgIpc) is 3.51. The van der Waals surface area contributed by atoms with Gasteiger partial charge in [0, 0.05) is 17.7 Å². The summed E-state index contributed by atoms with van der Waals surface area (Å²) in [4.78, 5) is 46.0. The van der Waals surface area contributed by atoms with Crippen LogP contribution in [0.5, 0.6) is 0 Å². The maximum atomic E-state index is 13.3. The third-order valence-electron chi connectivity index (χ3n) is 6.56. The summed E-state index contributed by atoms with van der Waals surface area (Å²) in [5.41, 5.74) is 1.31. The van der Waals surface area contributed by atoms with Crippen molar-refractivity contribution in [1.29, 1.82) is 0 Å². The lowest BCUT2D eigenvalue weighted by atomic mass is 9.77. The minimum absolute atomic E-state index is 0.114. The van der Waals surface area contributed by atoms with Crippen LogP contribution in [0, 0.1) is 11.8 Å². The Morgan fingerprint density at radius 1 is 1.19 bits per heavy atom. The Morgan fingerprint density at radius 3 is 2.56 bits per heavy atom. The highest BCUT2D eigenvalue weighted by atomic mass is 32.2. The fourth-order valence-electron chi connectivity index (χ4n) is 4.92. The molecule has 4 atom stereocenters. The van der Waals surface area contributed by atoms with E-state index < -0.39 is 24.0 Å². The highest BCUT2D eigenvalue weighted by Gasteiger charge is 2.60. The molecule has 1 saturated heterocycles. The molecule has 188 valence electrons. The van der Waals surface area contributed by atoms with Gasteiger partial charge in [0.1, 0.15) is 35.1 Å². The molecule has 0 spiro atoms. The largest absolute Gasteiger partial charge is 0.458 e. The number of carbonyl (C=O) groups is 3. The monoisotopic (exact) mass is 527 g/mol. The van der Waals surface area contributed by atoms with Crippen molar-refractivity contribution < 1.29 is 29.0 Å². The molecule has 0 aliphatic carbocycles. The van der Waals surface area contributed by atoms with Gasteiger partial charge in [-0.1, -0.05) is 25.1 Å². The van der Waals surface area contributed by atoms with E-state index in [4.69, 9.17) is 9.47 Å². The molecule has 36 heavy (non-hydrogen) atoms. The van der Waals surface area contributed by atoms with Crippen LogP contribution in [0.4, 0.5) is 0 Å². The Balaban J connectivity index is 1.38. The molecule has 0 unspecified atom stereocenters. The number of benzene rings is 1. The standard InChI is InChI=1S/C25H25N3O6S2/c1-13-17(16-11-27-12-26-21(35-3)23(27)36-16)20(28-19(13)18(14(2)29)22(28)30)25(32)34-10-9-33-24(31)15-7-5-4-6-8-15/h4-8,11-14,18-19,29H,9-10H2,1-3H3/t13-,14+,18+,19+/m0/s1. The van der Waals surface area contributed by atoms with Gasteiger partial charge in [0.2, 0.25) is 5.91 Å². The van der Waals surface area contributed by atoms with Gasteiger partial charge < -0.3 is 19.5 Å². The number of aliphatic hydroxyl groups is 1. The van der Waals surface area contributed by atoms with Crippen molar-refractivity contribution >= 4 is 51.3 Å². The summed E-state index contributed by atoms with van der Waals surface area (Å²) in [6.07, 6.45) is 4.74. The molecule has 4 heterocycles. The number of carbonyl (C=O) groups excluding carboxylic acids is 3. The number of imidazole rings is 1. The highest BCUT2D eigenvalue weighted by molar-refractivity contribution is 7.98. The van der Waals surface area contributed by atoms with E-state index in [0.717, 1.165) is 14.7 Å². The van der Waals surface area contributed by atoms with Crippen LogP contribution in [-0.4, -0.2) is 68.9 Å². The Kier molecular flexibility index (Phi) is 6.62. The summed E-state index contributed by atoms with van der Waals surface area (Å²) in [5.74, 6) is -2.23. The number of fused-ring (bicyclic) bond motifs is 2. The van der Waals surface area contributed by atoms with Crippen molar-refractivity contribution in [2.24, 2.45) is 11.8 Å². The van der Waals surface area contributed by atoms with Gasteiger partial charge in [-0.3, -0.25) is 9.20 Å². The summed E-state index contributed by atoms with van der Waals surface area (Å²) in [6, 6.07) is 8.22. The topological polar surface area (TPSA) is 110 Å². The first-order chi connectivity index (χ1) is 17.3. The van der Waals surface area contributed by atoms with E-state index in [-0.39, 0.29) is 36.8 Å². The Morgan fingerprint density at radius 2 is 1.89 bits per heavy atom. The van der Waals surface area contributed by atoms with Crippen molar-refractivity contribution in [2.45, 2.75) is 31.0 Å². The molecule has 2 aliphatic heterocycles. The number of aromatic nitrogens is 2. The quantitative estimate of drug-likeness (QED) is 0.206. The lowest BCUT2D eigenvalue weighted by molar-refractivity contribution is -0.164. The molecule has 5 rings (SSSR count). The number of hydrogen-bond donors (Lipinski definition) is 1. The summed E-state index contributed by atoms with van der Waals surface area (Å²) in [7, 11) is 0. The van der Waals surface area contributed by atoms with E-state index in [9.17, 15) is 19.5 Å². The summed E-state index contributed by atoms with van der Waals surface area (Å²) < 4.78 is 12.6. The Labute approximate surface area is 215 Å². The van der Waals surface area contributed by atoms with Crippen molar-refractivity contribution in [2.75, 3.05) is 19.5 Å². The van der Waals surface area contributed by atoms with Crippen LogP contribution < -0.4 is 0 Å². The fourth-order valence-corrected chi connectivity index (χ4v) is 6.84. The van der Waals surface area contributed by atoms with E-state index in [0.29, 0.717) is 11.1 Å². The maximum Gasteiger partial charge on any atom is 0.355 e. The predicted molar refractivity (Wildman–Crippen MR) is 134 cm³/mol. The molecule has 1 aromatic carbocycles. The number of rotatable bonds is 8.